The first-order valence-electron chi connectivity index (χ1n) is 6.70. The van der Waals surface area contributed by atoms with Gasteiger partial charge in [-0.2, -0.15) is 0 Å². The fraction of sp³-hybridized carbons (Fsp3) is 0.571. The number of likely N-dealkylation sites (N-methyl/N-ethyl adjacent to an activating group) is 1. The Hall–Kier alpha value is -0.980. The summed E-state index contributed by atoms with van der Waals surface area (Å²) in [4.78, 5) is 2.25. The van der Waals surface area contributed by atoms with E-state index in [0.717, 1.165) is 31.5 Å². The summed E-state index contributed by atoms with van der Waals surface area (Å²) in [5.74, 6) is -0.155. The van der Waals surface area contributed by atoms with Crippen molar-refractivity contribution in [2.45, 2.75) is 31.8 Å². The molecule has 1 aliphatic rings. The molecule has 1 saturated heterocycles. The number of alkyl halides is 3. The van der Waals surface area contributed by atoms with Crippen LogP contribution in [-0.2, 0) is 6.54 Å². The summed E-state index contributed by atoms with van der Waals surface area (Å²) in [6.45, 7) is 2.54. The van der Waals surface area contributed by atoms with Crippen molar-refractivity contribution >= 4 is 12.4 Å². The zero-order valence-electron chi connectivity index (χ0n) is 11.8. The highest BCUT2D eigenvalue weighted by molar-refractivity contribution is 5.85. The molecule has 0 spiro atoms. The monoisotopic (exact) mass is 324 g/mol. The van der Waals surface area contributed by atoms with Crippen molar-refractivity contribution in [3.05, 3.63) is 29.8 Å². The van der Waals surface area contributed by atoms with Crippen molar-refractivity contribution in [2.75, 3.05) is 20.1 Å². The number of piperidine rings is 1. The fourth-order valence-electron chi connectivity index (χ4n) is 2.53. The highest BCUT2D eigenvalue weighted by atomic mass is 35.5. The van der Waals surface area contributed by atoms with Gasteiger partial charge in [0.15, 0.2) is 0 Å². The van der Waals surface area contributed by atoms with Crippen LogP contribution in [0.3, 0.4) is 0 Å². The Kier molecular flexibility index (Phi) is 6.77. The third-order valence-corrected chi connectivity index (χ3v) is 3.45. The molecule has 0 saturated carbocycles. The lowest BCUT2D eigenvalue weighted by Gasteiger charge is -2.32. The quantitative estimate of drug-likeness (QED) is 0.920. The van der Waals surface area contributed by atoms with Crippen molar-refractivity contribution in [3.8, 4) is 5.75 Å². The second-order valence-electron chi connectivity index (χ2n) is 5.06. The van der Waals surface area contributed by atoms with Gasteiger partial charge in [0.1, 0.15) is 5.75 Å². The molecule has 0 aromatic heterocycles. The molecule has 21 heavy (non-hydrogen) atoms. The van der Waals surface area contributed by atoms with Crippen molar-refractivity contribution < 1.29 is 17.9 Å². The molecular weight excluding hydrogens is 305 g/mol. The molecule has 1 heterocycles. The maximum absolute atomic E-state index is 12.2. The van der Waals surface area contributed by atoms with Crippen LogP contribution in [0.25, 0.3) is 0 Å². The van der Waals surface area contributed by atoms with Gasteiger partial charge in [-0.05, 0) is 44.1 Å². The first-order chi connectivity index (χ1) is 9.46. The molecule has 1 fully saturated rings. The number of halogens is 4. The molecule has 7 heteroatoms. The van der Waals surface area contributed by atoms with Gasteiger partial charge in [0.05, 0.1) is 0 Å². The van der Waals surface area contributed by atoms with Crippen LogP contribution >= 0.6 is 12.4 Å². The van der Waals surface area contributed by atoms with E-state index in [2.05, 4.69) is 15.0 Å². The zero-order chi connectivity index (χ0) is 14.6. The van der Waals surface area contributed by atoms with Gasteiger partial charge in [0.2, 0.25) is 0 Å². The number of likely N-dealkylation sites (tertiary alicyclic amines) is 1. The van der Waals surface area contributed by atoms with E-state index in [9.17, 15) is 13.2 Å². The normalized spacial score (nSPS) is 19.9. The molecular formula is C14H20ClF3N2O. The van der Waals surface area contributed by atoms with Crippen LogP contribution in [0.15, 0.2) is 24.3 Å². The molecule has 120 valence electrons. The summed E-state index contributed by atoms with van der Waals surface area (Å²) in [7, 11) is 1.94. The highest BCUT2D eigenvalue weighted by Gasteiger charge is 2.31. The van der Waals surface area contributed by atoms with Crippen LogP contribution < -0.4 is 10.1 Å². The third-order valence-electron chi connectivity index (χ3n) is 3.45. The Morgan fingerprint density at radius 1 is 1.38 bits per heavy atom. The minimum Gasteiger partial charge on any atom is -0.406 e. The van der Waals surface area contributed by atoms with E-state index in [1.807, 2.05) is 13.1 Å². The maximum Gasteiger partial charge on any atom is 0.573 e. The first-order valence-corrected chi connectivity index (χ1v) is 6.70. The molecule has 3 nitrogen and oxygen atoms in total. The zero-order valence-corrected chi connectivity index (χ0v) is 12.6. The van der Waals surface area contributed by atoms with Crippen molar-refractivity contribution in [2.24, 2.45) is 0 Å². The summed E-state index contributed by atoms with van der Waals surface area (Å²) in [6, 6.07) is 6.65. The van der Waals surface area contributed by atoms with E-state index in [1.54, 1.807) is 6.07 Å². The molecule has 1 aromatic rings. The topological polar surface area (TPSA) is 24.5 Å². The van der Waals surface area contributed by atoms with Gasteiger partial charge in [-0.15, -0.1) is 25.6 Å². The fourth-order valence-corrected chi connectivity index (χ4v) is 2.53. The van der Waals surface area contributed by atoms with E-state index < -0.39 is 6.36 Å². The molecule has 0 bridgehead atoms. The largest absolute Gasteiger partial charge is 0.573 e. The second kappa shape index (κ2) is 7.87. The van der Waals surface area contributed by atoms with E-state index in [4.69, 9.17) is 0 Å². The summed E-state index contributed by atoms with van der Waals surface area (Å²) in [5, 5.41) is 3.25. The summed E-state index contributed by atoms with van der Waals surface area (Å²) in [5.41, 5.74) is 0.837. The van der Waals surface area contributed by atoms with E-state index >= 15 is 0 Å². The number of ether oxygens (including phenoxy) is 1. The lowest BCUT2D eigenvalue weighted by Crippen LogP contribution is -2.43. The third kappa shape index (κ3) is 6.11. The van der Waals surface area contributed by atoms with Crippen LogP contribution in [0.1, 0.15) is 18.4 Å². The minimum atomic E-state index is -4.64. The van der Waals surface area contributed by atoms with Crippen LogP contribution in [0.5, 0.6) is 5.75 Å². The molecule has 0 amide bonds. The molecule has 0 radical (unpaired) electrons. The summed E-state index contributed by atoms with van der Waals surface area (Å²) < 4.78 is 40.5. The van der Waals surface area contributed by atoms with Crippen LogP contribution in [-0.4, -0.2) is 37.4 Å². The number of rotatable bonds is 4. The Bertz CT molecular complexity index is 442. The Morgan fingerprint density at radius 3 is 2.81 bits per heavy atom. The van der Waals surface area contributed by atoms with Gasteiger partial charge in [0, 0.05) is 19.1 Å². The van der Waals surface area contributed by atoms with Gasteiger partial charge >= 0.3 is 6.36 Å². The average Bonchev–Trinajstić information content (AvgIpc) is 2.37. The Balaban J connectivity index is 0.00000220. The lowest BCUT2D eigenvalue weighted by atomic mass is 10.1. The molecule has 1 N–H and O–H groups in total. The lowest BCUT2D eigenvalue weighted by molar-refractivity contribution is -0.274. The van der Waals surface area contributed by atoms with Crippen molar-refractivity contribution in [1.82, 2.24) is 10.2 Å². The standard InChI is InChI=1S/C14H19F3N2O.ClH/c1-18-12-5-3-7-19(10-12)9-11-4-2-6-13(8-11)20-14(15,16)17;/h2,4,6,8,12,18H,3,5,7,9-10H2,1H3;1H. The van der Waals surface area contributed by atoms with E-state index in [0.29, 0.717) is 12.6 Å². The van der Waals surface area contributed by atoms with Crippen LogP contribution in [0, 0.1) is 0 Å². The molecule has 1 aliphatic heterocycles. The van der Waals surface area contributed by atoms with Crippen LogP contribution in [0.2, 0.25) is 0 Å². The molecule has 1 unspecified atom stereocenters. The second-order valence-corrected chi connectivity index (χ2v) is 5.06. The van der Waals surface area contributed by atoms with Crippen LogP contribution in [0.4, 0.5) is 13.2 Å². The summed E-state index contributed by atoms with van der Waals surface area (Å²) in [6.07, 6.45) is -2.39. The molecule has 1 atom stereocenters. The Morgan fingerprint density at radius 2 is 2.14 bits per heavy atom. The first kappa shape index (κ1) is 18.1. The number of nitrogens with one attached hydrogen (secondary N) is 1. The predicted octanol–water partition coefficient (Wildman–Crippen LogP) is 3.19. The highest BCUT2D eigenvalue weighted by Crippen LogP contribution is 2.24. The number of nitrogens with zero attached hydrogens (tertiary/aromatic N) is 1. The average molecular weight is 325 g/mol. The van der Waals surface area contributed by atoms with Gasteiger partial charge in [0.25, 0.3) is 0 Å². The van der Waals surface area contributed by atoms with Gasteiger partial charge < -0.3 is 10.1 Å². The van der Waals surface area contributed by atoms with Crippen molar-refractivity contribution in [1.29, 1.82) is 0 Å². The number of benzene rings is 1. The minimum absolute atomic E-state index is 0. The maximum atomic E-state index is 12.2. The Labute approximate surface area is 128 Å². The molecule has 0 aliphatic carbocycles. The number of hydrogen-bond acceptors (Lipinski definition) is 3. The van der Waals surface area contributed by atoms with Gasteiger partial charge in [-0.3, -0.25) is 4.90 Å². The molecule has 1 aromatic carbocycles. The van der Waals surface area contributed by atoms with Gasteiger partial charge in [-0.1, -0.05) is 12.1 Å². The predicted molar refractivity (Wildman–Crippen MR) is 77.7 cm³/mol. The van der Waals surface area contributed by atoms with Gasteiger partial charge in [-0.25, -0.2) is 0 Å². The summed E-state index contributed by atoms with van der Waals surface area (Å²) >= 11 is 0. The number of hydrogen-bond donors (Lipinski definition) is 1. The van der Waals surface area contributed by atoms with Crippen molar-refractivity contribution in [3.63, 3.8) is 0 Å². The molecule has 2 rings (SSSR count). The SMILES string of the molecule is CNC1CCCN(Cc2cccc(OC(F)(F)F)c2)C1.Cl. The van der Waals surface area contributed by atoms with E-state index in [-0.39, 0.29) is 18.2 Å². The van der Waals surface area contributed by atoms with E-state index in [1.165, 1.54) is 12.1 Å². The smallest absolute Gasteiger partial charge is 0.406 e.